The first-order valence-corrected chi connectivity index (χ1v) is 5.70. The smallest absolute Gasteiger partial charge is 0.311 e. The van der Waals surface area contributed by atoms with Crippen molar-refractivity contribution in [1.82, 2.24) is 10.2 Å². The van der Waals surface area contributed by atoms with Crippen LogP contribution in [0.1, 0.15) is 19.3 Å². The molecule has 1 saturated heterocycles. The van der Waals surface area contributed by atoms with Gasteiger partial charge in [0.15, 0.2) is 0 Å². The van der Waals surface area contributed by atoms with Crippen LogP contribution in [0, 0.1) is 0 Å². The van der Waals surface area contributed by atoms with Crippen LogP contribution in [-0.4, -0.2) is 49.7 Å². The van der Waals surface area contributed by atoms with E-state index < -0.39 is 18.6 Å². The van der Waals surface area contributed by atoms with Gasteiger partial charge in [0, 0.05) is 0 Å². The van der Waals surface area contributed by atoms with Crippen LogP contribution in [0.3, 0.4) is 0 Å². The first-order valence-electron chi connectivity index (χ1n) is 5.70. The third-order valence-electron chi connectivity index (χ3n) is 2.79. The number of hydrogen-bond donors (Lipinski definition) is 1. The molecule has 0 aromatic rings. The lowest BCUT2D eigenvalue weighted by Gasteiger charge is -2.20. The lowest BCUT2D eigenvalue weighted by molar-refractivity contribution is -0.279. The Bertz CT molecular complexity index is 223. The van der Waals surface area contributed by atoms with Crippen molar-refractivity contribution in [3.05, 3.63) is 0 Å². The number of halogens is 5. The molecule has 1 aliphatic rings. The first-order chi connectivity index (χ1) is 7.83. The SMILES string of the molecule is FC(F)(F)C(F)(F)CNCCCN1CCCC1. The molecule has 7 heteroatoms. The van der Waals surface area contributed by atoms with Crippen molar-refractivity contribution in [3.8, 4) is 0 Å². The van der Waals surface area contributed by atoms with Crippen molar-refractivity contribution in [2.45, 2.75) is 31.4 Å². The van der Waals surface area contributed by atoms with E-state index in [9.17, 15) is 22.0 Å². The summed E-state index contributed by atoms with van der Waals surface area (Å²) >= 11 is 0. The highest BCUT2D eigenvalue weighted by atomic mass is 19.4. The quantitative estimate of drug-likeness (QED) is 0.582. The van der Waals surface area contributed by atoms with Gasteiger partial charge in [-0.05, 0) is 45.4 Å². The summed E-state index contributed by atoms with van der Waals surface area (Å²) < 4.78 is 60.3. The molecule has 0 aromatic carbocycles. The fourth-order valence-corrected chi connectivity index (χ4v) is 1.78. The molecule has 17 heavy (non-hydrogen) atoms. The van der Waals surface area contributed by atoms with E-state index in [1.807, 2.05) is 0 Å². The van der Waals surface area contributed by atoms with Gasteiger partial charge in [-0.1, -0.05) is 0 Å². The molecule has 0 unspecified atom stereocenters. The van der Waals surface area contributed by atoms with E-state index in [0.29, 0.717) is 6.42 Å². The zero-order valence-electron chi connectivity index (χ0n) is 9.49. The predicted molar refractivity (Wildman–Crippen MR) is 54.2 cm³/mol. The molecular formula is C10H17F5N2. The van der Waals surface area contributed by atoms with Gasteiger partial charge < -0.3 is 10.2 Å². The Morgan fingerprint density at radius 2 is 1.59 bits per heavy atom. The summed E-state index contributed by atoms with van der Waals surface area (Å²) in [4.78, 5) is 2.18. The topological polar surface area (TPSA) is 15.3 Å². The Balaban J connectivity index is 2.07. The van der Waals surface area contributed by atoms with Gasteiger partial charge in [0.2, 0.25) is 0 Å². The molecule has 0 aliphatic carbocycles. The van der Waals surface area contributed by atoms with Crippen LogP contribution in [0.5, 0.6) is 0 Å². The molecule has 0 aromatic heterocycles. The van der Waals surface area contributed by atoms with E-state index in [1.165, 1.54) is 0 Å². The molecule has 1 N–H and O–H groups in total. The molecule has 0 amide bonds. The van der Waals surface area contributed by atoms with Crippen LogP contribution < -0.4 is 5.32 Å². The van der Waals surface area contributed by atoms with Gasteiger partial charge in [0.1, 0.15) is 0 Å². The molecule has 102 valence electrons. The Kier molecular flexibility index (Phi) is 5.12. The van der Waals surface area contributed by atoms with Gasteiger partial charge in [0.25, 0.3) is 0 Å². The van der Waals surface area contributed by atoms with Gasteiger partial charge in [-0.2, -0.15) is 22.0 Å². The van der Waals surface area contributed by atoms with E-state index >= 15 is 0 Å². The summed E-state index contributed by atoms with van der Waals surface area (Å²) in [5.74, 6) is -4.64. The van der Waals surface area contributed by atoms with Gasteiger partial charge in [-0.25, -0.2) is 0 Å². The van der Waals surface area contributed by atoms with Gasteiger partial charge in [-0.3, -0.25) is 0 Å². The van der Waals surface area contributed by atoms with Gasteiger partial charge in [0.05, 0.1) is 6.54 Å². The summed E-state index contributed by atoms with van der Waals surface area (Å²) in [6.07, 6.45) is -2.60. The molecule has 1 heterocycles. The van der Waals surface area contributed by atoms with E-state index in [0.717, 1.165) is 32.5 Å². The minimum absolute atomic E-state index is 0.183. The molecule has 2 nitrogen and oxygen atoms in total. The van der Waals surface area contributed by atoms with Crippen LogP contribution >= 0.6 is 0 Å². The fraction of sp³-hybridized carbons (Fsp3) is 1.00. The summed E-state index contributed by atoms with van der Waals surface area (Å²) in [6.45, 7) is 1.60. The molecule has 1 rings (SSSR count). The number of nitrogens with one attached hydrogen (secondary N) is 1. The van der Waals surface area contributed by atoms with Crippen molar-refractivity contribution in [3.63, 3.8) is 0 Å². The Labute approximate surface area is 97.2 Å². The van der Waals surface area contributed by atoms with E-state index in [1.54, 1.807) is 0 Å². The van der Waals surface area contributed by atoms with Crippen LogP contribution in [0.25, 0.3) is 0 Å². The monoisotopic (exact) mass is 260 g/mol. The average molecular weight is 260 g/mol. The standard InChI is InChI=1S/C10H17F5N2/c11-9(12,10(13,14)15)8-16-4-3-7-17-5-1-2-6-17/h16H,1-8H2. The Morgan fingerprint density at radius 3 is 2.12 bits per heavy atom. The molecule has 1 fully saturated rings. The average Bonchev–Trinajstić information content (AvgIpc) is 2.68. The van der Waals surface area contributed by atoms with Crippen molar-refractivity contribution in [2.24, 2.45) is 0 Å². The lowest BCUT2D eigenvalue weighted by atomic mass is 10.3. The van der Waals surface area contributed by atoms with Gasteiger partial charge in [-0.15, -0.1) is 0 Å². The molecule has 0 bridgehead atoms. The maximum Gasteiger partial charge on any atom is 0.454 e. The van der Waals surface area contributed by atoms with Crippen LogP contribution in [0.4, 0.5) is 22.0 Å². The summed E-state index contributed by atoms with van der Waals surface area (Å²) in [5, 5.41) is 2.16. The zero-order chi connectivity index (χ0) is 12.9. The molecular weight excluding hydrogens is 243 g/mol. The third-order valence-corrected chi connectivity index (χ3v) is 2.79. The lowest BCUT2D eigenvalue weighted by Crippen LogP contribution is -2.45. The minimum Gasteiger partial charge on any atom is -0.311 e. The second-order valence-electron chi connectivity index (χ2n) is 4.28. The summed E-state index contributed by atoms with van der Waals surface area (Å²) in [6, 6.07) is 0. The number of hydrogen-bond acceptors (Lipinski definition) is 2. The second kappa shape index (κ2) is 5.95. The van der Waals surface area contributed by atoms with Crippen molar-refractivity contribution in [1.29, 1.82) is 0 Å². The van der Waals surface area contributed by atoms with Crippen molar-refractivity contribution in [2.75, 3.05) is 32.7 Å². The maximum absolute atomic E-state index is 12.5. The normalized spacial score (nSPS) is 18.9. The highest BCUT2D eigenvalue weighted by Gasteiger charge is 2.56. The first kappa shape index (κ1) is 14.6. The van der Waals surface area contributed by atoms with Crippen LogP contribution in [0.15, 0.2) is 0 Å². The maximum atomic E-state index is 12.5. The molecule has 0 atom stereocenters. The number of likely N-dealkylation sites (tertiary alicyclic amines) is 1. The largest absolute Gasteiger partial charge is 0.454 e. The minimum atomic E-state index is -5.46. The number of alkyl halides is 5. The highest BCUT2D eigenvalue weighted by molar-refractivity contribution is 4.78. The molecule has 0 saturated carbocycles. The third kappa shape index (κ3) is 4.75. The molecule has 0 radical (unpaired) electrons. The fourth-order valence-electron chi connectivity index (χ4n) is 1.78. The highest BCUT2D eigenvalue weighted by Crippen LogP contribution is 2.34. The Hall–Kier alpha value is -0.430. The molecule has 1 aliphatic heterocycles. The van der Waals surface area contributed by atoms with Crippen molar-refractivity contribution < 1.29 is 22.0 Å². The van der Waals surface area contributed by atoms with Crippen molar-refractivity contribution >= 4 is 0 Å². The van der Waals surface area contributed by atoms with Crippen LogP contribution in [-0.2, 0) is 0 Å². The Morgan fingerprint density at radius 1 is 1.00 bits per heavy atom. The van der Waals surface area contributed by atoms with E-state index in [-0.39, 0.29) is 6.54 Å². The second-order valence-corrected chi connectivity index (χ2v) is 4.28. The summed E-state index contributed by atoms with van der Waals surface area (Å²) in [7, 11) is 0. The van der Waals surface area contributed by atoms with Gasteiger partial charge >= 0.3 is 12.1 Å². The zero-order valence-corrected chi connectivity index (χ0v) is 9.49. The number of nitrogens with zero attached hydrogens (tertiary/aromatic N) is 1. The summed E-state index contributed by atoms with van der Waals surface area (Å²) in [5.41, 5.74) is 0. The van der Waals surface area contributed by atoms with E-state index in [2.05, 4.69) is 10.2 Å². The number of rotatable bonds is 6. The molecule has 0 spiro atoms. The predicted octanol–water partition coefficient (Wildman–Crippen LogP) is 2.26. The van der Waals surface area contributed by atoms with Crippen LogP contribution in [0.2, 0.25) is 0 Å². The van der Waals surface area contributed by atoms with E-state index in [4.69, 9.17) is 0 Å².